The molecule has 5 heteroatoms. The van der Waals surface area contributed by atoms with E-state index in [0.29, 0.717) is 5.92 Å². The summed E-state index contributed by atoms with van der Waals surface area (Å²) in [6.45, 7) is 4.70. The van der Waals surface area contributed by atoms with Crippen molar-refractivity contribution < 1.29 is 14.0 Å². The van der Waals surface area contributed by atoms with Gasteiger partial charge in [-0.25, -0.2) is 0 Å². The second-order valence-electron chi connectivity index (χ2n) is 10.9. The molecule has 4 fully saturated rings. The maximum absolute atomic E-state index is 13.8. The van der Waals surface area contributed by atoms with Crippen molar-refractivity contribution in [3.8, 4) is 0 Å². The van der Waals surface area contributed by atoms with Gasteiger partial charge in [-0.15, -0.1) is 0 Å². The first-order valence-electron chi connectivity index (χ1n) is 13.0. The standard InChI is InChI=1S/C27H40N3O2/c1-29-17-12-24(28-29)11-8-18-30-19-13-22(14-20-30)25(21-30)32-26(31)27(23-9-4-5-10-23)15-6-2-3-7-16-27/h4-5,9,12,17,22,25H,2-3,6-8,10-11,13-16,18-21H2,1H3/q+1/t22?,25-,30?/m0/s1. The number of quaternary nitrogens is 1. The Hall–Kier alpha value is -1.88. The average Bonchev–Trinajstić information content (AvgIpc) is 3.42. The van der Waals surface area contributed by atoms with E-state index in [4.69, 9.17) is 4.74 Å². The van der Waals surface area contributed by atoms with Crippen molar-refractivity contribution in [1.29, 1.82) is 0 Å². The molecule has 0 amide bonds. The van der Waals surface area contributed by atoms with Gasteiger partial charge in [0.25, 0.3) is 0 Å². The molecule has 2 bridgehead atoms. The summed E-state index contributed by atoms with van der Waals surface area (Å²) in [5.74, 6) is 0.660. The van der Waals surface area contributed by atoms with E-state index in [1.807, 2.05) is 17.9 Å². The number of ether oxygens (including phenoxy) is 1. The smallest absolute Gasteiger partial charge is 0.316 e. The largest absolute Gasteiger partial charge is 0.455 e. The molecule has 0 N–H and O–H groups in total. The van der Waals surface area contributed by atoms with E-state index >= 15 is 0 Å². The number of nitrogens with zero attached hydrogens (tertiary/aromatic N) is 3. The molecule has 4 heterocycles. The fourth-order valence-corrected chi connectivity index (χ4v) is 6.90. The van der Waals surface area contributed by atoms with Crippen LogP contribution in [-0.2, 0) is 23.0 Å². The summed E-state index contributed by atoms with van der Waals surface area (Å²) in [6, 6.07) is 2.13. The lowest BCUT2D eigenvalue weighted by atomic mass is 9.73. The van der Waals surface area contributed by atoms with Gasteiger partial charge >= 0.3 is 5.97 Å². The van der Waals surface area contributed by atoms with Crippen molar-refractivity contribution in [3.05, 3.63) is 41.8 Å². The number of hydrogen-bond donors (Lipinski definition) is 0. The third-order valence-corrected chi connectivity index (χ3v) is 8.87. The topological polar surface area (TPSA) is 44.1 Å². The maximum Gasteiger partial charge on any atom is 0.316 e. The zero-order valence-corrected chi connectivity index (χ0v) is 19.8. The fraction of sp³-hybridized carbons (Fsp3) is 0.704. The molecule has 0 aromatic carbocycles. The lowest BCUT2D eigenvalue weighted by molar-refractivity contribution is -0.946. The van der Waals surface area contributed by atoms with E-state index in [2.05, 4.69) is 29.4 Å². The van der Waals surface area contributed by atoms with Crippen molar-refractivity contribution in [1.82, 2.24) is 9.78 Å². The zero-order chi connectivity index (χ0) is 22.0. The molecule has 6 rings (SSSR count). The lowest BCUT2D eigenvalue weighted by Crippen LogP contribution is -2.65. The van der Waals surface area contributed by atoms with E-state index in [9.17, 15) is 4.79 Å². The van der Waals surface area contributed by atoms with Crippen LogP contribution < -0.4 is 0 Å². The Balaban J connectivity index is 1.24. The van der Waals surface area contributed by atoms with Crippen LogP contribution in [0.5, 0.6) is 0 Å². The van der Waals surface area contributed by atoms with E-state index < -0.39 is 0 Å². The van der Waals surface area contributed by atoms with E-state index in [1.54, 1.807) is 0 Å². The van der Waals surface area contributed by atoms with Crippen LogP contribution in [0.25, 0.3) is 0 Å². The monoisotopic (exact) mass is 438 g/mol. The molecule has 0 radical (unpaired) electrons. The molecule has 1 atom stereocenters. The third-order valence-electron chi connectivity index (χ3n) is 8.87. The molecule has 5 aliphatic rings. The van der Waals surface area contributed by atoms with Crippen LogP contribution in [0.15, 0.2) is 36.1 Å². The zero-order valence-electron chi connectivity index (χ0n) is 19.8. The average molecular weight is 439 g/mol. The number of aryl methyl sites for hydroxylation is 2. The number of rotatable bonds is 7. The minimum Gasteiger partial charge on any atom is -0.455 e. The van der Waals surface area contributed by atoms with E-state index in [-0.39, 0.29) is 17.5 Å². The van der Waals surface area contributed by atoms with Crippen LogP contribution in [0, 0.1) is 11.3 Å². The molecule has 174 valence electrons. The maximum atomic E-state index is 13.8. The number of fused-ring (bicyclic) bond motifs is 3. The first-order valence-corrected chi connectivity index (χ1v) is 13.0. The Morgan fingerprint density at radius 2 is 2.00 bits per heavy atom. The fourth-order valence-electron chi connectivity index (χ4n) is 6.90. The van der Waals surface area contributed by atoms with Crippen molar-refractivity contribution in [2.45, 2.75) is 76.7 Å². The van der Waals surface area contributed by atoms with Gasteiger partial charge in [0, 0.05) is 38.4 Å². The predicted octanol–water partition coefficient (Wildman–Crippen LogP) is 4.73. The first kappa shape index (κ1) is 21.9. The van der Waals surface area contributed by atoms with Gasteiger partial charge < -0.3 is 9.22 Å². The molecule has 0 unspecified atom stereocenters. The highest BCUT2D eigenvalue weighted by molar-refractivity contribution is 5.81. The number of piperidine rings is 3. The SMILES string of the molecule is Cn1ccc(CCC[N+]23CCC(CC2)[C@@H](OC(=O)C2(C4=CC=CC4)CCCCCC2)C3)n1. The summed E-state index contributed by atoms with van der Waals surface area (Å²) in [7, 11) is 1.98. The second-order valence-corrected chi connectivity index (χ2v) is 10.9. The minimum absolute atomic E-state index is 0.0970. The molecule has 5 nitrogen and oxygen atoms in total. The van der Waals surface area contributed by atoms with E-state index in [0.717, 1.165) is 56.0 Å². The predicted molar refractivity (Wildman–Crippen MR) is 126 cm³/mol. The van der Waals surface area contributed by atoms with Crippen LogP contribution in [0.1, 0.15) is 69.9 Å². The summed E-state index contributed by atoms with van der Waals surface area (Å²) in [4.78, 5) is 13.8. The van der Waals surface area contributed by atoms with Crippen LogP contribution in [0.4, 0.5) is 0 Å². The number of carbonyl (C=O) groups excluding carboxylic acids is 1. The summed E-state index contributed by atoms with van der Waals surface area (Å²) in [5.41, 5.74) is 2.13. The Morgan fingerprint density at radius 1 is 1.22 bits per heavy atom. The van der Waals surface area contributed by atoms with Gasteiger partial charge in [-0.1, -0.05) is 43.9 Å². The Kier molecular flexibility index (Phi) is 6.28. The highest BCUT2D eigenvalue weighted by Crippen LogP contribution is 2.46. The van der Waals surface area contributed by atoms with Crippen molar-refractivity contribution in [2.24, 2.45) is 18.4 Å². The van der Waals surface area contributed by atoms with Crippen molar-refractivity contribution in [3.63, 3.8) is 0 Å². The van der Waals surface area contributed by atoms with Gasteiger partial charge in [-0.2, -0.15) is 5.10 Å². The Bertz CT molecular complexity index is 867. The van der Waals surface area contributed by atoms with Gasteiger partial charge in [0.05, 0.1) is 30.7 Å². The summed E-state index contributed by atoms with van der Waals surface area (Å²) in [6.07, 6.45) is 20.9. The van der Waals surface area contributed by atoms with Gasteiger partial charge in [0.2, 0.25) is 0 Å². The van der Waals surface area contributed by atoms with E-state index in [1.165, 1.54) is 56.6 Å². The quantitative estimate of drug-likeness (QED) is 0.351. The number of hydrogen-bond acceptors (Lipinski definition) is 3. The molecule has 1 aromatic heterocycles. The highest BCUT2D eigenvalue weighted by atomic mass is 16.5. The molecule has 32 heavy (non-hydrogen) atoms. The van der Waals surface area contributed by atoms with Crippen molar-refractivity contribution >= 4 is 5.97 Å². The summed E-state index contributed by atoms with van der Waals surface area (Å²) < 4.78 is 9.52. The van der Waals surface area contributed by atoms with Crippen LogP contribution in [0.3, 0.4) is 0 Å². The van der Waals surface area contributed by atoms with Gasteiger partial charge in [-0.05, 0) is 37.3 Å². The third kappa shape index (κ3) is 4.33. The molecule has 1 aromatic rings. The molecule has 3 aliphatic heterocycles. The van der Waals surface area contributed by atoms with Gasteiger partial charge in [0.15, 0.2) is 6.10 Å². The highest BCUT2D eigenvalue weighted by Gasteiger charge is 2.50. The van der Waals surface area contributed by atoms with Crippen LogP contribution in [0.2, 0.25) is 0 Å². The normalized spacial score (nSPS) is 31.3. The number of aromatic nitrogens is 2. The number of carbonyl (C=O) groups is 1. The summed E-state index contributed by atoms with van der Waals surface area (Å²) in [5, 5.41) is 4.54. The summed E-state index contributed by atoms with van der Waals surface area (Å²) >= 11 is 0. The first-order chi connectivity index (χ1) is 15.6. The molecule has 1 saturated carbocycles. The molecule has 0 spiro atoms. The van der Waals surface area contributed by atoms with Gasteiger partial charge in [-0.3, -0.25) is 9.48 Å². The molecule has 2 aliphatic carbocycles. The number of esters is 1. The van der Waals surface area contributed by atoms with Crippen LogP contribution in [-0.4, -0.2) is 52.5 Å². The molecular formula is C27H40N3O2+. The molecular weight excluding hydrogens is 398 g/mol. The molecule has 3 saturated heterocycles. The van der Waals surface area contributed by atoms with Gasteiger partial charge in [0.1, 0.15) is 6.54 Å². The Labute approximate surface area is 193 Å². The Morgan fingerprint density at radius 3 is 2.66 bits per heavy atom. The minimum atomic E-state index is -0.365. The lowest BCUT2D eigenvalue weighted by Gasteiger charge is -2.52. The number of allylic oxidation sites excluding steroid dienone is 3. The van der Waals surface area contributed by atoms with Crippen molar-refractivity contribution in [2.75, 3.05) is 26.2 Å². The van der Waals surface area contributed by atoms with Crippen LogP contribution >= 0.6 is 0 Å². The second kappa shape index (κ2) is 9.17.